The third kappa shape index (κ3) is 3.73. The number of rotatable bonds is 4. The highest BCUT2D eigenvalue weighted by Crippen LogP contribution is 2.26. The van der Waals surface area contributed by atoms with E-state index in [0.29, 0.717) is 6.42 Å². The number of benzene rings is 2. The van der Waals surface area contributed by atoms with Crippen molar-refractivity contribution in [1.82, 2.24) is 0 Å². The Bertz CT molecular complexity index is 703. The fourth-order valence-electron chi connectivity index (χ4n) is 3.23. The van der Waals surface area contributed by atoms with Gasteiger partial charge in [0.05, 0.1) is 6.42 Å². The van der Waals surface area contributed by atoms with E-state index in [2.05, 4.69) is 29.3 Å². The van der Waals surface area contributed by atoms with Crippen LogP contribution >= 0.6 is 0 Å². The van der Waals surface area contributed by atoms with Gasteiger partial charge in [0.25, 0.3) is 0 Å². The van der Waals surface area contributed by atoms with Crippen LogP contribution in [-0.2, 0) is 11.2 Å². The summed E-state index contributed by atoms with van der Waals surface area (Å²) in [6.07, 6.45) is 2.96. The molecule has 3 nitrogen and oxygen atoms in total. The van der Waals surface area contributed by atoms with E-state index in [1.807, 2.05) is 37.3 Å². The Balaban J connectivity index is 1.67. The van der Waals surface area contributed by atoms with Crippen molar-refractivity contribution < 1.29 is 4.79 Å². The Morgan fingerprint density at radius 1 is 1.04 bits per heavy atom. The van der Waals surface area contributed by atoms with Crippen molar-refractivity contribution in [3.63, 3.8) is 0 Å². The molecule has 1 aliphatic rings. The van der Waals surface area contributed by atoms with Crippen LogP contribution in [0.15, 0.2) is 42.5 Å². The van der Waals surface area contributed by atoms with Gasteiger partial charge in [-0.25, -0.2) is 0 Å². The number of anilines is 2. The summed E-state index contributed by atoms with van der Waals surface area (Å²) in [5.41, 5.74) is 5.63. The summed E-state index contributed by atoms with van der Waals surface area (Å²) in [6, 6.07) is 14.2. The molecule has 1 N–H and O–H groups in total. The molecule has 0 saturated carbocycles. The molecular formula is C20H24N2O. The smallest absolute Gasteiger partial charge is 0.228 e. The van der Waals surface area contributed by atoms with Gasteiger partial charge in [-0.05, 0) is 61.6 Å². The monoisotopic (exact) mass is 308 g/mol. The lowest BCUT2D eigenvalue weighted by Crippen LogP contribution is -2.19. The summed E-state index contributed by atoms with van der Waals surface area (Å²) in [5.74, 6) is 0.0348. The zero-order chi connectivity index (χ0) is 16.2. The molecule has 1 heterocycles. The Morgan fingerprint density at radius 2 is 1.78 bits per heavy atom. The van der Waals surface area contributed by atoms with Crippen LogP contribution in [0.25, 0.3) is 0 Å². The van der Waals surface area contributed by atoms with E-state index in [-0.39, 0.29) is 5.91 Å². The summed E-state index contributed by atoms with van der Waals surface area (Å²) in [7, 11) is 0. The average molecular weight is 308 g/mol. The predicted octanol–water partition coefficient (Wildman–Crippen LogP) is 4.08. The predicted molar refractivity (Wildman–Crippen MR) is 96.1 cm³/mol. The van der Waals surface area contributed by atoms with Gasteiger partial charge in [-0.2, -0.15) is 0 Å². The van der Waals surface area contributed by atoms with Crippen LogP contribution in [0.5, 0.6) is 0 Å². The van der Waals surface area contributed by atoms with Gasteiger partial charge in [0.15, 0.2) is 0 Å². The Morgan fingerprint density at radius 3 is 2.48 bits per heavy atom. The van der Waals surface area contributed by atoms with E-state index in [4.69, 9.17) is 0 Å². The molecule has 0 aromatic heterocycles. The molecule has 3 heteroatoms. The number of carbonyl (C=O) groups is 1. The zero-order valence-corrected chi connectivity index (χ0v) is 13.9. The molecule has 0 unspecified atom stereocenters. The highest BCUT2D eigenvalue weighted by atomic mass is 16.1. The van der Waals surface area contributed by atoms with Gasteiger partial charge in [0.2, 0.25) is 5.91 Å². The lowest BCUT2D eigenvalue weighted by atomic mass is 10.1. The van der Waals surface area contributed by atoms with Crippen LogP contribution in [-0.4, -0.2) is 19.0 Å². The Labute approximate surface area is 138 Å². The number of hydrogen-bond donors (Lipinski definition) is 1. The van der Waals surface area contributed by atoms with Gasteiger partial charge in [-0.3, -0.25) is 4.79 Å². The largest absolute Gasteiger partial charge is 0.371 e. The summed E-state index contributed by atoms with van der Waals surface area (Å²) in [6.45, 7) is 6.43. The molecule has 0 bridgehead atoms. The maximum atomic E-state index is 12.3. The first-order valence-electron chi connectivity index (χ1n) is 8.33. The van der Waals surface area contributed by atoms with Crippen molar-refractivity contribution >= 4 is 17.3 Å². The van der Waals surface area contributed by atoms with Crippen LogP contribution in [0, 0.1) is 13.8 Å². The van der Waals surface area contributed by atoms with Gasteiger partial charge >= 0.3 is 0 Å². The number of nitrogens with zero attached hydrogens (tertiary/aromatic N) is 1. The number of aryl methyl sites for hydroxylation is 2. The third-order valence-electron chi connectivity index (χ3n) is 4.54. The summed E-state index contributed by atoms with van der Waals surface area (Å²) in [4.78, 5) is 14.7. The maximum Gasteiger partial charge on any atom is 0.228 e. The fraction of sp³-hybridized carbons (Fsp3) is 0.350. The first-order valence-corrected chi connectivity index (χ1v) is 8.33. The topological polar surface area (TPSA) is 32.3 Å². The van der Waals surface area contributed by atoms with Gasteiger partial charge in [0, 0.05) is 24.5 Å². The van der Waals surface area contributed by atoms with E-state index in [0.717, 1.165) is 29.9 Å². The molecular weight excluding hydrogens is 284 g/mol. The van der Waals surface area contributed by atoms with Gasteiger partial charge in [0.1, 0.15) is 0 Å². The lowest BCUT2D eigenvalue weighted by Gasteiger charge is -2.20. The van der Waals surface area contributed by atoms with Crippen LogP contribution in [0.3, 0.4) is 0 Å². The molecule has 120 valence electrons. The number of nitrogens with one attached hydrogen (secondary N) is 1. The third-order valence-corrected chi connectivity index (χ3v) is 4.54. The van der Waals surface area contributed by atoms with E-state index >= 15 is 0 Å². The molecule has 1 saturated heterocycles. The fourth-order valence-corrected chi connectivity index (χ4v) is 3.23. The molecule has 0 atom stereocenters. The summed E-state index contributed by atoms with van der Waals surface area (Å²) < 4.78 is 0. The molecule has 2 aromatic rings. The molecule has 1 aliphatic heterocycles. The first kappa shape index (κ1) is 15.6. The quantitative estimate of drug-likeness (QED) is 0.923. The minimum absolute atomic E-state index is 0.0348. The van der Waals surface area contributed by atoms with Gasteiger partial charge in [-0.1, -0.05) is 24.3 Å². The minimum atomic E-state index is 0.0348. The summed E-state index contributed by atoms with van der Waals surface area (Å²) in [5, 5.41) is 3.02. The van der Waals surface area contributed by atoms with Crippen molar-refractivity contribution in [3.05, 3.63) is 59.2 Å². The van der Waals surface area contributed by atoms with Crippen LogP contribution in [0.4, 0.5) is 11.4 Å². The molecule has 2 aromatic carbocycles. The highest BCUT2D eigenvalue weighted by molar-refractivity contribution is 5.92. The van der Waals surface area contributed by atoms with Crippen molar-refractivity contribution in [2.75, 3.05) is 23.3 Å². The standard InChI is InChI=1S/C20H24N2O/c1-15-7-3-4-8-17(15)14-20(23)21-18-9-10-19(16(2)13-18)22-11-5-6-12-22/h3-4,7-10,13H,5-6,11-12,14H2,1-2H3,(H,21,23). The molecule has 23 heavy (non-hydrogen) atoms. The zero-order valence-electron chi connectivity index (χ0n) is 13.9. The molecule has 0 spiro atoms. The van der Waals surface area contributed by atoms with Crippen LogP contribution in [0.1, 0.15) is 29.5 Å². The lowest BCUT2D eigenvalue weighted by molar-refractivity contribution is -0.115. The molecule has 0 aliphatic carbocycles. The number of amides is 1. The SMILES string of the molecule is Cc1ccccc1CC(=O)Nc1ccc(N2CCCC2)c(C)c1. The van der Waals surface area contributed by atoms with Crippen molar-refractivity contribution in [3.8, 4) is 0 Å². The van der Waals surface area contributed by atoms with Crippen LogP contribution < -0.4 is 10.2 Å². The first-order chi connectivity index (χ1) is 11.1. The van der Waals surface area contributed by atoms with E-state index in [9.17, 15) is 4.79 Å². The van der Waals surface area contributed by atoms with E-state index in [1.165, 1.54) is 24.1 Å². The highest BCUT2D eigenvalue weighted by Gasteiger charge is 2.14. The molecule has 3 rings (SSSR count). The molecule has 1 fully saturated rings. The van der Waals surface area contributed by atoms with Crippen molar-refractivity contribution in [2.24, 2.45) is 0 Å². The van der Waals surface area contributed by atoms with Gasteiger partial charge < -0.3 is 10.2 Å². The van der Waals surface area contributed by atoms with Gasteiger partial charge in [-0.15, -0.1) is 0 Å². The Kier molecular flexibility index (Phi) is 4.65. The van der Waals surface area contributed by atoms with Crippen molar-refractivity contribution in [1.29, 1.82) is 0 Å². The minimum Gasteiger partial charge on any atom is -0.371 e. The second kappa shape index (κ2) is 6.86. The Hall–Kier alpha value is -2.29. The maximum absolute atomic E-state index is 12.3. The molecule has 1 amide bonds. The summed E-state index contributed by atoms with van der Waals surface area (Å²) >= 11 is 0. The second-order valence-corrected chi connectivity index (χ2v) is 6.35. The van der Waals surface area contributed by atoms with E-state index in [1.54, 1.807) is 0 Å². The van der Waals surface area contributed by atoms with Crippen molar-refractivity contribution in [2.45, 2.75) is 33.1 Å². The number of hydrogen-bond acceptors (Lipinski definition) is 2. The van der Waals surface area contributed by atoms with E-state index < -0.39 is 0 Å². The second-order valence-electron chi connectivity index (χ2n) is 6.35. The average Bonchev–Trinajstić information content (AvgIpc) is 3.04. The normalized spacial score (nSPS) is 14.1. The van der Waals surface area contributed by atoms with Crippen LogP contribution in [0.2, 0.25) is 0 Å². The number of carbonyl (C=O) groups excluding carboxylic acids is 1. The molecule has 0 radical (unpaired) electrons.